The molecule has 0 saturated heterocycles. The van der Waals surface area contributed by atoms with E-state index in [1.807, 2.05) is 0 Å². The second kappa shape index (κ2) is 19.3. The molecule has 0 aliphatic heterocycles. The molecule has 3 atom stereocenters. The number of rotatable bonds is 23. The van der Waals surface area contributed by atoms with E-state index in [2.05, 4.69) is 6.92 Å². The molecule has 0 aliphatic rings. The van der Waals surface area contributed by atoms with Crippen LogP contribution in [0.2, 0.25) is 0 Å². The maximum atomic E-state index is 11.5. The number of aliphatic hydroxyl groups is 3. The van der Waals surface area contributed by atoms with Crippen LogP contribution in [0.4, 0.5) is 0 Å². The molecule has 3 unspecified atom stereocenters. The van der Waals surface area contributed by atoms with Crippen LogP contribution >= 0.6 is 0 Å². The van der Waals surface area contributed by atoms with Crippen LogP contribution in [0.3, 0.4) is 0 Å². The van der Waals surface area contributed by atoms with E-state index in [0.29, 0.717) is 6.42 Å². The van der Waals surface area contributed by atoms with E-state index in [-0.39, 0.29) is 6.42 Å². The molecule has 0 spiro atoms. The summed E-state index contributed by atoms with van der Waals surface area (Å²) in [5.74, 6) is -4.61. The highest BCUT2D eigenvalue weighted by Crippen LogP contribution is 2.29. The molecular weight excluding hydrogens is 412 g/mol. The van der Waals surface area contributed by atoms with Gasteiger partial charge in [0.2, 0.25) is 0 Å². The zero-order valence-electron chi connectivity index (χ0n) is 20.1. The van der Waals surface area contributed by atoms with E-state index < -0.39 is 42.6 Å². The lowest BCUT2D eigenvalue weighted by atomic mass is 9.79. The Labute approximate surface area is 194 Å². The number of aliphatic hydroxyl groups excluding tert-OH is 2. The van der Waals surface area contributed by atoms with Crippen molar-refractivity contribution in [3.05, 3.63) is 0 Å². The number of hydrogen-bond acceptors (Lipinski definition) is 5. The molecule has 7 heteroatoms. The summed E-state index contributed by atoms with van der Waals surface area (Å²) in [6.45, 7) is 1.51. The number of carbonyl (C=O) groups is 2. The predicted octanol–water partition coefficient (Wildman–Crippen LogP) is 4.90. The molecule has 0 aromatic heterocycles. The summed E-state index contributed by atoms with van der Waals surface area (Å²) in [5, 5.41) is 47.6. The van der Waals surface area contributed by atoms with Gasteiger partial charge in [0.05, 0.1) is 18.6 Å². The molecule has 0 saturated carbocycles. The van der Waals surface area contributed by atoms with Crippen LogP contribution in [-0.4, -0.2) is 55.8 Å². The minimum Gasteiger partial charge on any atom is -0.481 e. The molecule has 0 radical (unpaired) electrons. The SMILES string of the molecule is CCCCCCCCCCCCCCCCCCC(C(=O)O)C(O)(CC(O)CO)C(=O)O. The average Bonchev–Trinajstić information content (AvgIpc) is 2.75. The van der Waals surface area contributed by atoms with Gasteiger partial charge in [-0.2, -0.15) is 0 Å². The zero-order valence-corrected chi connectivity index (χ0v) is 20.1. The summed E-state index contributed by atoms with van der Waals surface area (Å²) in [4.78, 5) is 23.0. The van der Waals surface area contributed by atoms with Gasteiger partial charge in [-0.15, -0.1) is 0 Å². The molecule has 190 valence electrons. The van der Waals surface area contributed by atoms with Crippen LogP contribution < -0.4 is 0 Å². The van der Waals surface area contributed by atoms with E-state index in [1.165, 1.54) is 70.6 Å². The van der Waals surface area contributed by atoms with E-state index in [4.69, 9.17) is 5.11 Å². The van der Waals surface area contributed by atoms with Gasteiger partial charge in [0.1, 0.15) is 0 Å². The number of aliphatic carboxylic acids is 2. The lowest BCUT2D eigenvalue weighted by Gasteiger charge is -2.31. The van der Waals surface area contributed by atoms with Crippen molar-refractivity contribution in [1.29, 1.82) is 0 Å². The lowest BCUT2D eigenvalue weighted by molar-refractivity contribution is -0.179. The Morgan fingerprint density at radius 1 is 0.719 bits per heavy atom. The first-order valence-corrected chi connectivity index (χ1v) is 12.8. The second-order valence-electron chi connectivity index (χ2n) is 9.25. The quantitative estimate of drug-likeness (QED) is 0.137. The van der Waals surface area contributed by atoms with Crippen molar-refractivity contribution in [2.24, 2.45) is 5.92 Å². The van der Waals surface area contributed by atoms with Gasteiger partial charge in [0.25, 0.3) is 0 Å². The van der Waals surface area contributed by atoms with Crippen LogP contribution in [-0.2, 0) is 9.59 Å². The fraction of sp³-hybridized carbons (Fsp3) is 0.920. The van der Waals surface area contributed by atoms with Crippen molar-refractivity contribution in [3.8, 4) is 0 Å². The minimum absolute atomic E-state index is 0.0225. The standard InChI is InChI=1S/C25H48O7/c1-2-3-4-5-6-7-8-9-10-11-12-13-14-15-16-17-18-22(23(28)29)25(32,24(30)31)19-21(27)20-26/h21-22,26-27,32H,2-20H2,1H3,(H,28,29)(H,30,31). The highest BCUT2D eigenvalue weighted by atomic mass is 16.4. The van der Waals surface area contributed by atoms with Crippen molar-refractivity contribution in [2.75, 3.05) is 6.61 Å². The Balaban J connectivity index is 3.88. The Kier molecular flexibility index (Phi) is 18.6. The van der Waals surface area contributed by atoms with Crippen molar-refractivity contribution in [2.45, 2.75) is 134 Å². The van der Waals surface area contributed by atoms with E-state index >= 15 is 0 Å². The molecule has 0 aromatic carbocycles. The van der Waals surface area contributed by atoms with Gasteiger partial charge < -0.3 is 25.5 Å². The topological polar surface area (TPSA) is 135 Å². The number of carboxylic acids is 2. The first kappa shape index (κ1) is 30.8. The second-order valence-corrected chi connectivity index (χ2v) is 9.25. The van der Waals surface area contributed by atoms with Crippen molar-refractivity contribution >= 4 is 11.9 Å². The summed E-state index contributed by atoms with van der Waals surface area (Å²) in [6.07, 6.45) is 16.9. The van der Waals surface area contributed by atoms with Crippen LogP contribution in [0.5, 0.6) is 0 Å². The third kappa shape index (κ3) is 14.1. The summed E-state index contributed by atoms with van der Waals surface area (Å²) in [7, 11) is 0. The molecule has 0 amide bonds. The van der Waals surface area contributed by atoms with Gasteiger partial charge in [0.15, 0.2) is 5.60 Å². The first-order chi connectivity index (χ1) is 15.3. The van der Waals surface area contributed by atoms with Crippen LogP contribution in [0.15, 0.2) is 0 Å². The van der Waals surface area contributed by atoms with E-state index in [1.54, 1.807) is 0 Å². The normalized spacial score (nSPS) is 15.2. The Morgan fingerprint density at radius 2 is 1.09 bits per heavy atom. The Hall–Kier alpha value is -1.18. The summed E-state index contributed by atoms with van der Waals surface area (Å²) in [6, 6.07) is 0. The summed E-state index contributed by atoms with van der Waals surface area (Å²) in [5.41, 5.74) is -2.59. The van der Waals surface area contributed by atoms with Gasteiger partial charge in [-0.25, -0.2) is 4.79 Å². The number of unbranched alkanes of at least 4 members (excludes halogenated alkanes) is 15. The molecule has 0 fully saturated rings. The Morgan fingerprint density at radius 3 is 1.41 bits per heavy atom. The monoisotopic (exact) mass is 460 g/mol. The fourth-order valence-corrected chi connectivity index (χ4v) is 4.27. The number of carboxylic acid groups (broad SMARTS) is 2. The van der Waals surface area contributed by atoms with Gasteiger partial charge in [0, 0.05) is 6.42 Å². The summed E-state index contributed by atoms with van der Waals surface area (Å²) >= 11 is 0. The van der Waals surface area contributed by atoms with Crippen LogP contribution in [0.25, 0.3) is 0 Å². The molecule has 0 aliphatic carbocycles. The van der Waals surface area contributed by atoms with Gasteiger partial charge >= 0.3 is 11.9 Å². The molecule has 0 aromatic rings. The number of hydrogen-bond donors (Lipinski definition) is 5. The van der Waals surface area contributed by atoms with E-state index in [9.17, 15) is 30.0 Å². The largest absolute Gasteiger partial charge is 0.481 e. The van der Waals surface area contributed by atoms with Crippen molar-refractivity contribution in [3.63, 3.8) is 0 Å². The highest BCUT2D eigenvalue weighted by Gasteiger charge is 2.48. The van der Waals surface area contributed by atoms with E-state index in [0.717, 1.165) is 25.7 Å². The lowest BCUT2D eigenvalue weighted by Crippen LogP contribution is -2.51. The molecule has 5 N–H and O–H groups in total. The zero-order chi connectivity index (χ0) is 24.2. The Bertz CT molecular complexity index is 483. The molecule has 0 heterocycles. The smallest absolute Gasteiger partial charge is 0.336 e. The fourth-order valence-electron chi connectivity index (χ4n) is 4.27. The molecule has 0 bridgehead atoms. The minimum atomic E-state index is -2.59. The van der Waals surface area contributed by atoms with Crippen LogP contribution in [0.1, 0.15) is 122 Å². The molecule has 7 nitrogen and oxygen atoms in total. The van der Waals surface area contributed by atoms with Crippen molar-refractivity contribution < 1.29 is 35.1 Å². The molecular formula is C25H48O7. The summed E-state index contributed by atoms with van der Waals surface area (Å²) < 4.78 is 0. The van der Waals surface area contributed by atoms with Crippen LogP contribution in [0, 0.1) is 5.92 Å². The maximum absolute atomic E-state index is 11.5. The first-order valence-electron chi connectivity index (χ1n) is 12.8. The third-order valence-corrected chi connectivity index (χ3v) is 6.35. The van der Waals surface area contributed by atoms with Gasteiger partial charge in [-0.3, -0.25) is 4.79 Å². The average molecular weight is 461 g/mol. The molecule has 32 heavy (non-hydrogen) atoms. The third-order valence-electron chi connectivity index (χ3n) is 6.35. The predicted molar refractivity (Wildman–Crippen MR) is 126 cm³/mol. The van der Waals surface area contributed by atoms with Gasteiger partial charge in [-0.05, 0) is 6.42 Å². The maximum Gasteiger partial charge on any atom is 0.336 e. The molecule has 0 rings (SSSR count). The highest BCUT2D eigenvalue weighted by molar-refractivity contribution is 5.85. The van der Waals surface area contributed by atoms with Gasteiger partial charge in [-0.1, -0.05) is 110 Å². The van der Waals surface area contributed by atoms with Crippen molar-refractivity contribution in [1.82, 2.24) is 0 Å².